The van der Waals surface area contributed by atoms with Crippen LogP contribution in [0.1, 0.15) is 39.4 Å². The van der Waals surface area contributed by atoms with Gasteiger partial charge in [-0.15, -0.1) is 0 Å². The quantitative estimate of drug-likeness (QED) is 0.756. The van der Waals surface area contributed by atoms with Crippen molar-refractivity contribution in [3.63, 3.8) is 0 Å². The van der Waals surface area contributed by atoms with Crippen molar-refractivity contribution < 1.29 is 4.74 Å². The number of anilines is 1. The maximum absolute atomic E-state index is 5.24. The summed E-state index contributed by atoms with van der Waals surface area (Å²) in [4.78, 5) is 7.00. The van der Waals surface area contributed by atoms with Crippen molar-refractivity contribution in [2.45, 2.75) is 46.7 Å². The molecule has 0 radical (unpaired) electrons. The number of likely N-dealkylation sites (N-methyl/N-ethyl adjacent to an activating group) is 1. The average molecular weight is 282 g/mol. The molecule has 1 N–H and O–H groups in total. The Morgan fingerprint density at radius 1 is 1.35 bits per heavy atom. The number of rotatable bonds is 9. The number of ether oxygens (including phenoxy) is 1. The van der Waals surface area contributed by atoms with Crippen LogP contribution in [0.4, 0.5) is 5.95 Å². The second kappa shape index (κ2) is 8.27. The van der Waals surface area contributed by atoms with E-state index in [1.165, 1.54) is 0 Å². The first-order chi connectivity index (χ1) is 9.51. The Bertz CT molecular complexity index is 387. The van der Waals surface area contributed by atoms with Crippen molar-refractivity contribution in [1.29, 1.82) is 0 Å². The molecule has 1 heterocycles. The molecule has 0 saturated carbocycles. The summed E-state index contributed by atoms with van der Waals surface area (Å²) >= 11 is 0. The fourth-order valence-electron chi connectivity index (χ4n) is 2.42. The molecule has 2 unspecified atom stereocenters. The largest absolute Gasteiger partial charge is 0.383 e. The average Bonchev–Trinajstić information content (AvgIpc) is 2.77. The zero-order valence-corrected chi connectivity index (χ0v) is 13.8. The van der Waals surface area contributed by atoms with Gasteiger partial charge in [-0.25, -0.2) is 4.98 Å². The monoisotopic (exact) mass is 282 g/mol. The first-order valence-corrected chi connectivity index (χ1v) is 7.55. The Morgan fingerprint density at radius 3 is 2.55 bits per heavy atom. The molecule has 0 aromatic carbocycles. The predicted molar refractivity (Wildman–Crippen MR) is 84.4 cm³/mol. The van der Waals surface area contributed by atoms with E-state index in [1.54, 1.807) is 7.11 Å². The van der Waals surface area contributed by atoms with Gasteiger partial charge in [0.2, 0.25) is 5.95 Å². The van der Waals surface area contributed by atoms with Crippen LogP contribution in [0.15, 0.2) is 6.20 Å². The number of hydrogen-bond acceptors (Lipinski definition) is 4. The molecule has 5 heteroatoms. The Kier molecular flexibility index (Phi) is 7.02. The molecule has 0 spiro atoms. The van der Waals surface area contributed by atoms with E-state index in [0.29, 0.717) is 12.6 Å². The normalized spacial score (nSPS) is 14.6. The summed E-state index contributed by atoms with van der Waals surface area (Å²) in [5, 5.41) is 3.52. The molecular formula is C15H30N4O. The SMILES string of the molecule is CCN(CC)CC(C)Nc1nc(C)cn1C(C)COC. The number of hydrogen-bond donors (Lipinski definition) is 1. The smallest absolute Gasteiger partial charge is 0.203 e. The Morgan fingerprint density at radius 2 is 2.00 bits per heavy atom. The third-order valence-electron chi connectivity index (χ3n) is 3.54. The van der Waals surface area contributed by atoms with Gasteiger partial charge in [-0.05, 0) is 33.9 Å². The van der Waals surface area contributed by atoms with E-state index in [2.05, 4.69) is 53.7 Å². The van der Waals surface area contributed by atoms with Gasteiger partial charge in [0.05, 0.1) is 18.3 Å². The molecule has 1 aromatic rings. The maximum Gasteiger partial charge on any atom is 0.203 e. The molecule has 0 fully saturated rings. The summed E-state index contributed by atoms with van der Waals surface area (Å²) in [6.45, 7) is 14.6. The zero-order valence-electron chi connectivity index (χ0n) is 13.8. The summed E-state index contributed by atoms with van der Waals surface area (Å²) in [6, 6.07) is 0.648. The highest BCUT2D eigenvalue weighted by Gasteiger charge is 2.14. The van der Waals surface area contributed by atoms with Crippen molar-refractivity contribution in [2.24, 2.45) is 0 Å². The first kappa shape index (κ1) is 17.0. The van der Waals surface area contributed by atoms with E-state index in [4.69, 9.17) is 4.74 Å². The van der Waals surface area contributed by atoms with Crippen LogP contribution in [0.3, 0.4) is 0 Å². The number of methoxy groups -OCH3 is 1. The molecule has 2 atom stereocenters. The van der Waals surface area contributed by atoms with Crippen molar-refractivity contribution >= 4 is 5.95 Å². The minimum Gasteiger partial charge on any atom is -0.383 e. The molecular weight excluding hydrogens is 252 g/mol. The molecule has 20 heavy (non-hydrogen) atoms. The van der Waals surface area contributed by atoms with Gasteiger partial charge in [-0.1, -0.05) is 13.8 Å². The molecule has 1 rings (SSSR count). The highest BCUT2D eigenvalue weighted by atomic mass is 16.5. The molecule has 0 aliphatic carbocycles. The number of aromatic nitrogens is 2. The number of aryl methyl sites for hydroxylation is 1. The summed E-state index contributed by atoms with van der Waals surface area (Å²) in [6.07, 6.45) is 2.08. The van der Waals surface area contributed by atoms with Gasteiger partial charge in [0.25, 0.3) is 0 Å². The molecule has 5 nitrogen and oxygen atoms in total. The fourth-order valence-corrected chi connectivity index (χ4v) is 2.42. The lowest BCUT2D eigenvalue weighted by atomic mass is 10.3. The van der Waals surface area contributed by atoms with Crippen LogP contribution in [0.5, 0.6) is 0 Å². The first-order valence-electron chi connectivity index (χ1n) is 7.55. The Labute approximate surface area is 123 Å². The molecule has 0 saturated heterocycles. The number of nitrogens with zero attached hydrogens (tertiary/aromatic N) is 3. The topological polar surface area (TPSA) is 42.3 Å². The fraction of sp³-hybridized carbons (Fsp3) is 0.800. The van der Waals surface area contributed by atoms with E-state index in [-0.39, 0.29) is 6.04 Å². The standard InChI is InChI=1S/C15H30N4O/c1-7-18(8-2)9-12(3)16-15-17-13(4)10-19(15)14(5)11-20-6/h10,12,14H,7-9,11H2,1-6H3,(H,16,17). The maximum atomic E-state index is 5.24. The van der Waals surface area contributed by atoms with Crippen molar-refractivity contribution in [2.75, 3.05) is 38.7 Å². The van der Waals surface area contributed by atoms with Crippen molar-refractivity contribution in [3.05, 3.63) is 11.9 Å². The van der Waals surface area contributed by atoms with Gasteiger partial charge in [0.15, 0.2) is 0 Å². The number of nitrogens with one attached hydrogen (secondary N) is 1. The van der Waals surface area contributed by atoms with Crippen molar-refractivity contribution in [3.8, 4) is 0 Å². The Hall–Kier alpha value is -1.07. The summed E-state index contributed by atoms with van der Waals surface area (Å²) in [5.41, 5.74) is 1.03. The zero-order chi connectivity index (χ0) is 15.1. The van der Waals surface area contributed by atoms with Crippen LogP contribution in [0.2, 0.25) is 0 Å². The van der Waals surface area contributed by atoms with E-state index in [1.807, 2.05) is 6.92 Å². The lowest BCUT2D eigenvalue weighted by Gasteiger charge is -2.25. The second-order valence-corrected chi connectivity index (χ2v) is 5.45. The van der Waals surface area contributed by atoms with Crippen LogP contribution < -0.4 is 5.32 Å². The summed E-state index contributed by atoms with van der Waals surface area (Å²) < 4.78 is 7.41. The van der Waals surface area contributed by atoms with Crippen LogP contribution in [-0.2, 0) is 4.74 Å². The van der Waals surface area contributed by atoms with Crippen LogP contribution in [0, 0.1) is 6.92 Å². The molecule has 0 amide bonds. The molecule has 116 valence electrons. The Balaban J connectivity index is 2.71. The highest BCUT2D eigenvalue weighted by molar-refractivity contribution is 5.31. The third kappa shape index (κ3) is 4.80. The van der Waals surface area contributed by atoms with Gasteiger partial charge in [0.1, 0.15) is 0 Å². The van der Waals surface area contributed by atoms with Crippen LogP contribution >= 0.6 is 0 Å². The molecule has 0 aliphatic heterocycles. The highest BCUT2D eigenvalue weighted by Crippen LogP contribution is 2.17. The lowest BCUT2D eigenvalue weighted by molar-refractivity contribution is 0.163. The van der Waals surface area contributed by atoms with Gasteiger partial charge >= 0.3 is 0 Å². The molecule has 0 bridgehead atoms. The number of imidazole rings is 1. The van der Waals surface area contributed by atoms with Gasteiger partial charge in [-0.3, -0.25) is 0 Å². The van der Waals surface area contributed by atoms with Gasteiger partial charge < -0.3 is 19.5 Å². The summed E-state index contributed by atoms with van der Waals surface area (Å²) in [5.74, 6) is 0.937. The lowest BCUT2D eigenvalue weighted by Crippen LogP contribution is -2.35. The van der Waals surface area contributed by atoms with Gasteiger partial charge in [0, 0.05) is 25.9 Å². The van der Waals surface area contributed by atoms with E-state index in [9.17, 15) is 0 Å². The van der Waals surface area contributed by atoms with Gasteiger partial charge in [-0.2, -0.15) is 0 Å². The second-order valence-electron chi connectivity index (χ2n) is 5.45. The minimum atomic E-state index is 0.282. The molecule has 0 aliphatic rings. The summed E-state index contributed by atoms with van der Waals surface area (Å²) in [7, 11) is 1.73. The molecule has 1 aromatic heterocycles. The predicted octanol–water partition coefficient (Wildman–Crippen LogP) is 2.54. The van der Waals surface area contributed by atoms with Crippen LogP contribution in [0.25, 0.3) is 0 Å². The van der Waals surface area contributed by atoms with Crippen molar-refractivity contribution in [1.82, 2.24) is 14.5 Å². The minimum absolute atomic E-state index is 0.282. The third-order valence-corrected chi connectivity index (χ3v) is 3.54. The van der Waals surface area contributed by atoms with E-state index in [0.717, 1.165) is 31.3 Å². The van der Waals surface area contributed by atoms with Crippen LogP contribution in [-0.4, -0.2) is 53.8 Å². The van der Waals surface area contributed by atoms with E-state index < -0.39 is 0 Å². The van der Waals surface area contributed by atoms with E-state index >= 15 is 0 Å².